The van der Waals surface area contributed by atoms with E-state index in [1.165, 1.54) is 0 Å². The van der Waals surface area contributed by atoms with Gasteiger partial charge in [0.05, 0.1) is 6.61 Å². The normalized spacial score (nSPS) is 12.4. The lowest BCUT2D eigenvalue weighted by Gasteiger charge is -2.16. The number of amides is 1. The molecule has 5 aromatic rings. The molecule has 1 amide bonds. The minimum Gasteiger partial charge on any atom is -0.493 e. The molecule has 38 heavy (non-hydrogen) atoms. The molecule has 0 atom stereocenters. The van der Waals surface area contributed by atoms with Gasteiger partial charge in [-0.25, -0.2) is 0 Å². The van der Waals surface area contributed by atoms with Crippen molar-refractivity contribution in [1.29, 1.82) is 0 Å². The zero-order valence-electron chi connectivity index (χ0n) is 20.6. The summed E-state index contributed by atoms with van der Waals surface area (Å²) in [7, 11) is 0. The van der Waals surface area contributed by atoms with Crippen LogP contribution in [0.4, 0.5) is 5.69 Å². The fraction of sp³-hybridized carbons (Fsp3) is 0.125. The first-order chi connectivity index (χ1) is 18.7. The minimum absolute atomic E-state index is 0.118. The third-order valence-corrected chi connectivity index (χ3v) is 6.53. The van der Waals surface area contributed by atoms with Crippen molar-refractivity contribution in [2.45, 2.75) is 12.8 Å². The molecule has 1 aliphatic rings. The van der Waals surface area contributed by atoms with Gasteiger partial charge >= 0.3 is 0 Å². The van der Waals surface area contributed by atoms with Gasteiger partial charge in [0.2, 0.25) is 5.78 Å². The number of hydrogen-bond acceptors (Lipinski definition) is 5. The van der Waals surface area contributed by atoms with Gasteiger partial charge in [0, 0.05) is 28.3 Å². The molecule has 0 fully saturated rings. The third-order valence-electron chi connectivity index (χ3n) is 6.53. The molecule has 2 heterocycles. The number of carbonyl (C=O) groups excluding carboxylic acids is 2. The van der Waals surface area contributed by atoms with Crippen LogP contribution in [0.3, 0.4) is 0 Å². The number of ketones is 1. The average Bonchev–Trinajstić information content (AvgIpc) is 3.34. The lowest BCUT2D eigenvalue weighted by atomic mass is 9.95. The van der Waals surface area contributed by atoms with Gasteiger partial charge in [-0.3, -0.25) is 9.59 Å². The number of ether oxygens (including phenoxy) is 2. The summed E-state index contributed by atoms with van der Waals surface area (Å²) < 4.78 is 17.7. The van der Waals surface area contributed by atoms with Gasteiger partial charge in [-0.1, -0.05) is 60.7 Å². The largest absolute Gasteiger partial charge is 0.493 e. The zero-order chi connectivity index (χ0) is 25.9. The van der Waals surface area contributed by atoms with E-state index in [0.29, 0.717) is 29.2 Å². The maximum Gasteiger partial charge on any atom is 0.262 e. The molecule has 6 rings (SSSR count). The number of aryl methyl sites for hydroxylation is 1. The van der Waals surface area contributed by atoms with Gasteiger partial charge in [0.15, 0.2) is 12.4 Å². The smallest absolute Gasteiger partial charge is 0.262 e. The lowest BCUT2D eigenvalue weighted by molar-refractivity contribution is -0.118. The summed E-state index contributed by atoms with van der Waals surface area (Å²) in [5.74, 6) is 1.20. The third kappa shape index (κ3) is 4.76. The average molecular weight is 504 g/mol. The Balaban J connectivity index is 1.31. The number of nitrogens with one attached hydrogen (secondary N) is 1. The summed E-state index contributed by atoms with van der Waals surface area (Å²) in [6.07, 6.45) is 1.86. The molecule has 1 N–H and O–H groups in total. The van der Waals surface area contributed by atoms with E-state index < -0.39 is 0 Å². The van der Waals surface area contributed by atoms with Crippen molar-refractivity contribution in [3.8, 4) is 22.6 Å². The fourth-order valence-electron chi connectivity index (χ4n) is 4.70. The highest BCUT2D eigenvalue weighted by molar-refractivity contribution is 6.15. The number of furan rings is 1. The van der Waals surface area contributed by atoms with E-state index in [1.54, 1.807) is 24.3 Å². The monoisotopic (exact) mass is 503 g/mol. The predicted octanol–water partition coefficient (Wildman–Crippen LogP) is 6.67. The van der Waals surface area contributed by atoms with Gasteiger partial charge in [-0.05, 0) is 54.3 Å². The van der Waals surface area contributed by atoms with Crippen LogP contribution in [0.5, 0.6) is 11.5 Å². The number of para-hydroxylation sites is 1. The highest BCUT2D eigenvalue weighted by Gasteiger charge is 2.25. The second kappa shape index (κ2) is 10.3. The summed E-state index contributed by atoms with van der Waals surface area (Å²) in [4.78, 5) is 25.8. The standard InChI is InChI=1S/C32H25NO5/c34-29(33-24-11-5-2-6-12-24)20-37-25-15-13-21(14-16-25)30-26-18-23-10-7-17-36-27(23)19-28(26)38-32(30)31(35)22-8-3-1-4-9-22/h1-6,8-9,11-16,18-19H,7,10,17,20H2,(H,33,34). The SMILES string of the molecule is O=C(COc1ccc(-c2c(C(=O)c3ccccc3)oc3cc4c(cc23)CCCO4)cc1)Nc1ccccc1. The van der Waals surface area contributed by atoms with Crippen molar-refractivity contribution in [3.05, 3.63) is 114 Å². The molecule has 6 heteroatoms. The maximum atomic E-state index is 13.5. The quantitative estimate of drug-likeness (QED) is 0.251. The molecule has 188 valence electrons. The van der Waals surface area contributed by atoms with Crippen molar-refractivity contribution >= 4 is 28.3 Å². The van der Waals surface area contributed by atoms with E-state index in [-0.39, 0.29) is 24.1 Å². The van der Waals surface area contributed by atoms with Crippen LogP contribution in [0.25, 0.3) is 22.1 Å². The Kier molecular flexibility index (Phi) is 6.36. The molecule has 1 aromatic heterocycles. The number of anilines is 1. The summed E-state index contributed by atoms with van der Waals surface area (Å²) in [5, 5.41) is 3.67. The zero-order valence-corrected chi connectivity index (χ0v) is 20.6. The molecule has 6 nitrogen and oxygen atoms in total. The van der Waals surface area contributed by atoms with Gasteiger partial charge < -0.3 is 19.2 Å². The summed E-state index contributed by atoms with van der Waals surface area (Å²) in [6.45, 7) is 0.555. The van der Waals surface area contributed by atoms with E-state index in [1.807, 2.05) is 66.7 Å². The molecule has 1 aliphatic heterocycles. The van der Waals surface area contributed by atoms with Gasteiger partial charge in [-0.15, -0.1) is 0 Å². The Morgan fingerprint density at radius 1 is 0.868 bits per heavy atom. The van der Waals surface area contributed by atoms with E-state index in [2.05, 4.69) is 11.4 Å². The molecule has 0 bridgehead atoms. The minimum atomic E-state index is -0.246. The molecule has 0 saturated heterocycles. The van der Waals surface area contributed by atoms with Gasteiger partial charge in [0.1, 0.15) is 17.1 Å². The van der Waals surface area contributed by atoms with Crippen molar-refractivity contribution in [3.63, 3.8) is 0 Å². The van der Waals surface area contributed by atoms with Crippen LogP contribution >= 0.6 is 0 Å². The van der Waals surface area contributed by atoms with Crippen LogP contribution in [-0.4, -0.2) is 24.9 Å². The first kappa shape index (κ1) is 23.6. The molecule has 0 aliphatic carbocycles. The van der Waals surface area contributed by atoms with Crippen LogP contribution in [0.1, 0.15) is 28.1 Å². The van der Waals surface area contributed by atoms with Crippen molar-refractivity contribution in [2.75, 3.05) is 18.5 Å². The van der Waals surface area contributed by atoms with E-state index in [0.717, 1.165) is 40.7 Å². The second-order valence-electron chi connectivity index (χ2n) is 9.14. The Morgan fingerprint density at radius 2 is 1.61 bits per heavy atom. The Bertz CT molecular complexity index is 1610. The maximum absolute atomic E-state index is 13.5. The number of hydrogen-bond donors (Lipinski definition) is 1. The topological polar surface area (TPSA) is 77.8 Å². The first-order valence-corrected chi connectivity index (χ1v) is 12.6. The van der Waals surface area contributed by atoms with E-state index in [9.17, 15) is 9.59 Å². The molecular weight excluding hydrogens is 478 g/mol. The lowest BCUT2D eigenvalue weighted by Crippen LogP contribution is -2.20. The van der Waals surface area contributed by atoms with Crippen molar-refractivity contribution in [2.24, 2.45) is 0 Å². The summed E-state index contributed by atoms with van der Waals surface area (Å²) in [6, 6.07) is 29.7. The molecular formula is C32H25NO5. The Hall–Kier alpha value is -4.84. The molecule has 4 aromatic carbocycles. The predicted molar refractivity (Wildman–Crippen MR) is 146 cm³/mol. The van der Waals surface area contributed by atoms with Crippen molar-refractivity contribution < 1.29 is 23.5 Å². The summed E-state index contributed by atoms with van der Waals surface area (Å²) in [5.41, 5.74) is 4.54. The van der Waals surface area contributed by atoms with E-state index >= 15 is 0 Å². The summed E-state index contributed by atoms with van der Waals surface area (Å²) >= 11 is 0. The Labute approximate surface area is 219 Å². The number of benzene rings is 4. The van der Waals surface area contributed by atoms with Crippen LogP contribution in [-0.2, 0) is 11.2 Å². The van der Waals surface area contributed by atoms with Crippen LogP contribution < -0.4 is 14.8 Å². The Morgan fingerprint density at radius 3 is 2.37 bits per heavy atom. The molecule has 0 unspecified atom stereocenters. The number of carbonyl (C=O) groups is 2. The second-order valence-corrected chi connectivity index (χ2v) is 9.14. The fourth-order valence-corrected chi connectivity index (χ4v) is 4.70. The number of rotatable bonds is 7. The van der Waals surface area contributed by atoms with Crippen molar-refractivity contribution in [1.82, 2.24) is 0 Å². The van der Waals surface area contributed by atoms with Crippen LogP contribution in [0.15, 0.2) is 101 Å². The number of fused-ring (bicyclic) bond motifs is 2. The van der Waals surface area contributed by atoms with Crippen LogP contribution in [0.2, 0.25) is 0 Å². The van der Waals surface area contributed by atoms with E-state index in [4.69, 9.17) is 13.9 Å². The highest BCUT2D eigenvalue weighted by Crippen LogP contribution is 2.40. The first-order valence-electron chi connectivity index (χ1n) is 12.6. The van der Waals surface area contributed by atoms with Gasteiger partial charge in [-0.2, -0.15) is 0 Å². The molecule has 0 saturated carbocycles. The molecule has 0 radical (unpaired) electrons. The van der Waals surface area contributed by atoms with Crippen LogP contribution in [0, 0.1) is 0 Å². The molecule has 0 spiro atoms. The van der Waals surface area contributed by atoms with Gasteiger partial charge in [0.25, 0.3) is 5.91 Å². The highest BCUT2D eigenvalue weighted by atomic mass is 16.5.